The van der Waals surface area contributed by atoms with Crippen molar-refractivity contribution in [2.45, 2.75) is 33.2 Å². The lowest BCUT2D eigenvalue weighted by molar-refractivity contribution is -0.117. The third-order valence-electron chi connectivity index (χ3n) is 2.36. The number of thiophene rings is 1. The summed E-state index contributed by atoms with van der Waals surface area (Å²) in [6.45, 7) is 5.73. The largest absolute Gasteiger partial charge is 0.462 e. The molecular formula is C12H18N2O3S. The Morgan fingerprint density at radius 3 is 2.72 bits per heavy atom. The van der Waals surface area contributed by atoms with Crippen LogP contribution in [0.4, 0.5) is 5.00 Å². The molecule has 1 unspecified atom stereocenters. The zero-order valence-electron chi connectivity index (χ0n) is 10.8. The van der Waals surface area contributed by atoms with Crippen LogP contribution in [0.25, 0.3) is 0 Å². The Labute approximate surface area is 110 Å². The van der Waals surface area contributed by atoms with Crippen molar-refractivity contribution < 1.29 is 14.3 Å². The van der Waals surface area contributed by atoms with Gasteiger partial charge in [-0.3, -0.25) is 4.79 Å². The van der Waals surface area contributed by atoms with E-state index in [0.29, 0.717) is 23.6 Å². The van der Waals surface area contributed by atoms with E-state index in [-0.39, 0.29) is 5.91 Å². The van der Waals surface area contributed by atoms with Gasteiger partial charge in [0.15, 0.2) is 0 Å². The molecule has 0 aliphatic carbocycles. The van der Waals surface area contributed by atoms with E-state index in [4.69, 9.17) is 10.5 Å². The summed E-state index contributed by atoms with van der Waals surface area (Å²) < 4.78 is 4.94. The molecule has 0 aromatic carbocycles. The fraction of sp³-hybridized carbons (Fsp3) is 0.500. The number of carbonyl (C=O) groups excluding carboxylic acids is 2. The third kappa shape index (κ3) is 3.54. The van der Waals surface area contributed by atoms with Crippen molar-refractivity contribution in [1.29, 1.82) is 0 Å². The van der Waals surface area contributed by atoms with Gasteiger partial charge in [-0.2, -0.15) is 0 Å². The zero-order chi connectivity index (χ0) is 13.7. The first-order valence-corrected chi connectivity index (χ1v) is 6.65. The van der Waals surface area contributed by atoms with Gasteiger partial charge in [-0.05, 0) is 26.3 Å². The van der Waals surface area contributed by atoms with Crippen molar-refractivity contribution in [3.05, 3.63) is 16.5 Å². The van der Waals surface area contributed by atoms with Crippen LogP contribution in [0.2, 0.25) is 0 Å². The van der Waals surface area contributed by atoms with Gasteiger partial charge in [0.25, 0.3) is 0 Å². The lowest BCUT2D eigenvalue weighted by atomic mass is 10.2. The summed E-state index contributed by atoms with van der Waals surface area (Å²) in [6, 6.07) is 1.14. The average molecular weight is 270 g/mol. The van der Waals surface area contributed by atoms with Gasteiger partial charge in [0.1, 0.15) is 5.00 Å². The van der Waals surface area contributed by atoms with E-state index >= 15 is 0 Å². The van der Waals surface area contributed by atoms with Crippen molar-refractivity contribution in [3.63, 3.8) is 0 Å². The first-order valence-electron chi connectivity index (χ1n) is 5.83. The molecule has 100 valence electrons. The number of hydrogen-bond donors (Lipinski definition) is 2. The van der Waals surface area contributed by atoms with Crippen molar-refractivity contribution in [3.8, 4) is 0 Å². The Kier molecular flexibility index (Phi) is 5.30. The molecule has 18 heavy (non-hydrogen) atoms. The molecule has 6 heteroatoms. The fourth-order valence-electron chi connectivity index (χ4n) is 1.36. The summed E-state index contributed by atoms with van der Waals surface area (Å²) in [5.74, 6) is -0.716. The Hall–Kier alpha value is -1.40. The van der Waals surface area contributed by atoms with Crippen LogP contribution in [-0.2, 0) is 9.53 Å². The molecule has 0 radical (unpaired) electrons. The molecule has 0 aliphatic heterocycles. The van der Waals surface area contributed by atoms with Crippen molar-refractivity contribution in [2.75, 3.05) is 11.9 Å². The van der Waals surface area contributed by atoms with Gasteiger partial charge < -0.3 is 15.8 Å². The Balaban J connectivity index is 2.88. The highest BCUT2D eigenvalue weighted by Crippen LogP contribution is 2.28. The van der Waals surface area contributed by atoms with E-state index in [1.54, 1.807) is 13.0 Å². The number of anilines is 1. The van der Waals surface area contributed by atoms with Gasteiger partial charge in [-0.1, -0.05) is 6.92 Å². The number of amides is 1. The molecule has 1 rings (SSSR count). The second-order valence-electron chi connectivity index (χ2n) is 3.82. The summed E-state index contributed by atoms with van der Waals surface area (Å²) in [6.07, 6.45) is 0.547. The number of esters is 1. The minimum absolute atomic E-state index is 0.287. The smallest absolute Gasteiger partial charge is 0.341 e. The van der Waals surface area contributed by atoms with E-state index < -0.39 is 12.0 Å². The Morgan fingerprint density at radius 2 is 2.17 bits per heavy atom. The van der Waals surface area contributed by atoms with Crippen molar-refractivity contribution >= 4 is 28.2 Å². The summed E-state index contributed by atoms with van der Waals surface area (Å²) in [4.78, 5) is 24.3. The second kappa shape index (κ2) is 6.51. The molecule has 0 fully saturated rings. The molecular weight excluding hydrogens is 252 g/mol. The first kappa shape index (κ1) is 14.7. The Morgan fingerprint density at radius 1 is 1.50 bits per heavy atom. The van der Waals surface area contributed by atoms with E-state index in [1.165, 1.54) is 11.3 Å². The van der Waals surface area contributed by atoms with Crippen molar-refractivity contribution in [2.24, 2.45) is 5.73 Å². The SMILES string of the molecule is CCOC(=O)c1cc(C)sc1NC(=O)C(N)CC. The van der Waals surface area contributed by atoms with Crippen LogP contribution in [0.5, 0.6) is 0 Å². The van der Waals surface area contributed by atoms with Crippen LogP contribution in [0.3, 0.4) is 0 Å². The average Bonchev–Trinajstić information content (AvgIpc) is 2.69. The zero-order valence-corrected chi connectivity index (χ0v) is 11.6. The maximum atomic E-state index is 11.7. The van der Waals surface area contributed by atoms with Gasteiger partial charge in [0.05, 0.1) is 18.2 Å². The molecule has 1 heterocycles. The van der Waals surface area contributed by atoms with Crippen LogP contribution in [0.1, 0.15) is 35.5 Å². The van der Waals surface area contributed by atoms with Gasteiger partial charge in [0, 0.05) is 4.88 Å². The molecule has 1 amide bonds. The van der Waals surface area contributed by atoms with Crippen molar-refractivity contribution in [1.82, 2.24) is 0 Å². The molecule has 0 spiro atoms. The van der Waals surface area contributed by atoms with Crippen LogP contribution >= 0.6 is 11.3 Å². The topological polar surface area (TPSA) is 81.4 Å². The van der Waals surface area contributed by atoms with Crippen LogP contribution in [-0.4, -0.2) is 24.5 Å². The molecule has 0 bridgehead atoms. The maximum absolute atomic E-state index is 11.7. The highest BCUT2D eigenvalue weighted by atomic mass is 32.1. The normalized spacial score (nSPS) is 12.0. The Bertz CT molecular complexity index is 443. The molecule has 1 aromatic heterocycles. The minimum Gasteiger partial charge on any atom is -0.462 e. The van der Waals surface area contributed by atoms with E-state index in [9.17, 15) is 9.59 Å². The molecule has 5 nitrogen and oxygen atoms in total. The molecule has 0 saturated carbocycles. The molecule has 3 N–H and O–H groups in total. The van der Waals surface area contributed by atoms with E-state index in [2.05, 4.69) is 5.32 Å². The summed E-state index contributed by atoms with van der Waals surface area (Å²) in [5, 5.41) is 3.17. The number of nitrogens with one attached hydrogen (secondary N) is 1. The number of ether oxygens (including phenoxy) is 1. The molecule has 0 aliphatic rings. The number of aryl methyl sites for hydroxylation is 1. The standard InChI is InChI=1S/C12H18N2O3S/c1-4-9(13)10(15)14-11-8(6-7(3)18-11)12(16)17-5-2/h6,9H,4-5,13H2,1-3H3,(H,14,15). The quantitative estimate of drug-likeness (QED) is 0.801. The monoisotopic (exact) mass is 270 g/mol. The van der Waals surface area contributed by atoms with Gasteiger partial charge in [-0.15, -0.1) is 11.3 Å². The summed E-state index contributed by atoms with van der Waals surface area (Å²) in [7, 11) is 0. The lowest BCUT2D eigenvalue weighted by Crippen LogP contribution is -2.34. The van der Waals surface area contributed by atoms with Gasteiger partial charge >= 0.3 is 5.97 Å². The number of hydrogen-bond acceptors (Lipinski definition) is 5. The van der Waals surface area contributed by atoms with Crippen LogP contribution < -0.4 is 11.1 Å². The summed E-state index contributed by atoms with van der Waals surface area (Å²) in [5.41, 5.74) is 6.02. The van der Waals surface area contributed by atoms with Crippen LogP contribution in [0.15, 0.2) is 6.07 Å². The van der Waals surface area contributed by atoms with Crippen LogP contribution in [0, 0.1) is 6.92 Å². The molecule has 1 atom stereocenters. The van der Waals surface area contributed by atoms with Gasteiger partial charge in [-0.25, -0.2) is 4.79 Å². The lowest BCUT2D eigenvalue weighted by Gasteiger charge is -2.09. The second-order valence-corrected chi connectivity index (χ2v) is 5.08. The molecule has 1 aromatic rings. The highest BCUT2D eigenvalue weighted by Gasteiger charge is 2.19. The third-order valence-corrected chi connectivity index (χ3v) is 3.33. The highest BCUT2D eigenvalue weighted by molar-refractivity contribution is 7.16. The predicted octanol–water partition coefficient (Wildman–Crippen LogP) is 1.91. The van der Waals surface area contributed by atoms with E-state index in [0.717, 1.165) is 4.88 Å². The first-order chi connectivity index (χ1) is 8.49. The van der Waals surface area contributed by atoms with E-state index in [1.807, 2.05) is 13.8 Å². The predicted molar refractivity (Wildman–Crippen MR) is 71.9 cm³/mol. The molecule has 0 saturated heterocycles. The maximum Gasteiger partial charge on any atom is 0.341 e. The minimum atomic E-state index is -0.567. The summed E-state index contributed by atoms with van der Waals surface area (Å²) >= 11 is 1.34. The van der Waals surface area contributed by atoms with Gasteiger partial charge in [0.2, 0.25) is 5.91 Å². The number of nitrogens with two attached hydrogens (primary N) is 1. The fourth-order valence-corrected chi connectivity index (χ4v) is 2.26. The number of carbonyl (C=O) groups is 2. The number of rotatable bonds is 5.